The van der Waals surface area contributed by atoms with Crippen molar-refractivity contribution in [2.24, 2.45) is 0 Å². The number of anilines is 1. The predicted molar refractivity (Wildman–Crippen MR) is 69.9 cm³/mol. The van der Waals surface area contributed by atoms with Gasteiger partial charge < -0.3 is 9.84 Å². The Balaban J connectivity index is 2.27. The van der Waals surface area contributed by atoms with Crippen molar-refractivity contribution in [1.82, 2.24) is 9.53 Å². The number of rotatable bonds is 3. The molecule has 0 saturated heterocycles. The number of hydrogen-bond donors (Lipinski definition) is 1. The summed E-state index contributed by atoms with van der Waals surface area (Å²) in [4.78, 5) is 0. The first-order valence-corrected chi connectivity index (χ1v) is 6.44. The SMILES string of the molecule is Cc1noc(C)c1C(C)Nc1snc(Cl)c1C#N. The molecule has 18 heavy (non-hydrogen) atoms. The fraction of sp³-hybridized carbons (Fsp3) is 0.364. The van der Waals surface area contributed by atoms with Crippen LogP contribution in [-0.2, 0) is 0 Å². The molecular weight excluding hydrogens is 272 g/mol. The quantitative estimate of drug-likeness (QED) is 0.933. The fourth-order valence-corrected chi connectivity index (χ4v) is 2.87. The molecule has 1 unspecified atom stereocenters. The third-order valence-corrected chi connectivity index (χ3v) is 3.78. The second kappa shape index (κ2) is 4.96. The number of nitriles is 1. The third kappa shape index (κ3) is 2.19. The van der Waals surface area contributed by atoms with Crippen LogP contribution in [0, 0.1) is 25.2 Å². The fourth-order valence-electron chi connectivity index (χ4n) is 1.84. The second-order valence-corrected chi connectivity index (χ2v) is 5.02. The molecule has 0 radical (unpaired) electrons. The van der Waals surface area contributed by atoms with Crippen LogP contribution >= 0.6 is 23.1 Å². The molecule has 7 heteroatoms. The highest BCUT2D eigenvalue weighted by Crippen LogP contribution is 2.32. The van der Waals surface area contributed by atoms with E-state index in [1.54, 1.807) is 0 Å². The van der Waals surface area contributed by atoms with Crippen molar-refractivity contribution in [2.75, 3.05) is 5.32 Å². The summed E-state index contributed by atoms with van der Waals surface area (Å²) in [6, 6.07) is 2.01. The van der Waals surface area contributed by atoms with E-state index in [2.05, 4.69) is 14.8 Å². The molecule has 0 aliphatic heterocycles. The van der Waals surface area contributed by atoms with Crippen LogP contribution in [0.3, 0.4) is 0 Å². The van der Waals surface area contributed by atoms with Crippen molar-refractivity contribution in [2.45, 2.75) is 26.8 Å². The maximum Gasteiger partial charge on any atom is 0.162 e. The summed E-state index contributed by atoms with van der Waals surface area (Å²) in [5.74, 6) is 0.765. The molecule has 0 aromatic carbocycles. The lowest BCUT2D eigenvalue weighted by molar-refractivity contribution is 0.392. The van der Waals surface area contributed by atoms with Gasteiger partial charge in [-0.1, -0.05) is 16.8 Å². The van der Waals surface area contributed by atoms with Gasteiger partial charge in [0.15, 0.2) is 5.15 Å². The van der Waals surface area contributed by atoms with E-state index in [9.17, 15) is 0 Å². The van der Waals surface area contributed by atoms with Crippen molar-refractivity contribution >= 4 is 28.1 Å². The molecule has 1 N–H and O–H groups in total. The van der Waals surface area contributed by atoms with E-state index in [1.807, 2.05) is 26.8 Å². The minimum atomic E-state index is -0.0279. The highest BCUT2D eigenvalue weighted by Gasteiger charge is 2.19. The van der Waals surface area contributed by atoms with E-state index in [1.165, 1.54) is 11.5 Å². The maximum atomic E-state index is 9.00. The van der Waals surface area contributed by atoms with Gasteiger partial charge in [-0.05, 0) is 32.3 Å². The van der Waals surface area contributed by atoms with E-state index in [4.69, 9.17) is 21.4 Å². The van der Waals surface area contributed by atoms with Crippen molar-refractivity contribution < 1.29 is 4.52 Å². The highest BCUT2D eigenvalue weighted by atomic mass is 35.5. The van der Waals surface area contributed by atoms with Crippen LogP contribution in [0.15, 0.2) is 4.52 Å². The summed E-state index contributed by atoms with van der Waals surface area (Å²) in [7, 11) is 0. The van der Waals surface area contributed by atoms with Gasteiger partial charge >= 0.3 is 0 Å². The van der Waals surface area contributed by atoms with Gasteiger partial charge in [0.05, 0.1) is 11.7 Å². The molecule has 5 nitrogen and oxygen atoms in total. The van der Waals surface area contributed by atoms with Gasteiger partial charge in [0.1, 0.15) is 22.4 Å². The Bertz CT molecular complexity index is 594. The van der Waals surface area contributed by atoms with Crippen LogP contribution in [0.1, 0.15) is 35.5 Å². The molecule has 0 amide bonds. The molecule has 0 aliphatic carbocycles. The average molecular weight is 283 g/mol. The van der Waals surface area contributed by atoms with Gasteiger partial charge in [-0.2, -0.15) is 9.64 Å². The van der Waals surface area contributed by atoms with Crippen LogP contribution in [0.2, 0.25) is 5.15 Å². The summed E-state index contributed by atoms with van der Waals surface area (Å²) >= 11 is 6.99. The number of halogens is 1. The van der Waals surface area contributed by atoms with Crippen LogP contribution in [0.4, 0.5) is 5.00 Å². The zero-order chi connectivity index (χ0) is 13.3. The molecular formula is C11H11ClN4OS. The standard InChI is InChI=1S/C11H11ClN4OS/c1-5(9-6(2)15-17-7(9)3)14-11-8(4-13)10(12)16-18-11/h5,14H,1-3H3. The van der Waals surface area contributed by atoms with Crippen molar-refractivity contribution in [3.05, 3.63) is 27.7 Å². The lowest BCUT2D eigenvalue weighted by atomic mass is 10.1. The Hall–Kier alpha value is -1.58. The van der Waals surface area contributed by atoms with Gasteiger partial charge in [-0.25, -0.2) is 0 Å². The smallest absolute Gasteiger partial charge is 0.162 e. The van der Waals surface area contributed by atoms with Gasteiger partial charge in [-0.15, -0.1) is 0 Å². The zero-order valence-corrected chi connectivity index (χ0v) is 11.7. The lowest BCUT2D eigenvalue weighted by Gasteiger charge is -2.13. The maximum absolute atomic E-state index is 9.00. The van der Waals surface area contributed by atoms with Crippen molar-refractivity contribution in [3.63, 3.8) is 0 Å². The molecule has 0 saturated carbocycles. The van der Waals surface area contributed by atoms with Gasteiger partial charge in [-0.3, -0.25) is 0 Å². The molecule has 0 spiro atoms. The van der Waals surface area contributed by atoms with Crippen LogP contribution in [0.25, 0.3) is 0 Å². The van der Waals surface area contributed by atoms with Gasteiger partial charge in [0.25, 0.3) is 0 Å². The molecule has 94 valence electrons. The van der Waals surface area contributed by atoms with E-state index < -0.39 is 0 Å². The second-order valence-electron chi connectivity index (χ2n) is 3.89. The Morgan fingerprint density at radius 1 is 1.50 bits per heavy atom. The van der Waals surface area contributed by atoms with Crippen molar-refractivity contribution in [3.8, 4) is 6.07 Å². The third-order valence-electron chi connectivity index (χ3n) is 2.63. The first-order valence-electron chi connectivity index (χ1n) is 5.29. The topological polar surface area (TPSA) is 74.7 Å². The zero-order valence-electron chi connectivity index (χ0n) is 10.1. The average Bonchev–Trinajstić information content (AvgIpc) is 2.83. The van der Waals surface area contributed by atoms with Crippen LogP contribution < -0.4 is 5.32 Å². The van der Waals surface area contributed by atoms with E-state index in [-0.39, 0.29) is 11.2 Å². The summed E-state index contributed by atoms with van der Waals surface area (Å²) in [5, 5.41) is 17.0. The van der Waals surface area contributed by atoms with Crippen molar-refractivity contribution in [1.29, 1.82) is 5.26 Å². The van der Waals surface area contributed by atoms with E-state index in [0.29, 0.717) is 10.6 Å². The number of nitrogens with zero attached hydrogens (tertiary/aromatic N) is 3. The molecule has 2 heterocycles. The highest BCUT2D eigenvalue weighted by molar-refractivity contribution is 7.10. The Morgan fingerprint density at radius 2 is 2.22 bits per heavy atom. The predicted octanol–water partition coefficient (Wildman–Crippen LogP) is 3.45. The molecule has 0 bridgehead atoms. The lowest BCUT2D eigenvalue weighted by Crippen LogP contribution is -2.08. The summed E-state index contributed by atoms with van der Waals surface area (Å²) in [5.41, 5.74) is 2.20. The summed E-state index contributed by atoms with van der Waals surface area (Å²) in [6.45, 7) is 5.72. The first kappa shape index (κ1) is 12.9. The first-order chi connectivity index (χ1) is 8.54. The molecule has 2 rings (SSSR count). The number of nitrogens with one attached hydrogen (secondary N) is 1. The minimum Gasteiger partial charge on any atom is -0.368 e. The monoisotopic (exact) mass is 282 g/mol. The molecule has 2 aromatic rings. The normalized spacial score (nSPS) is 12.2. The molecule has 0 aliphatic rings. The van der Waals surface area contributed by atoms with E-state index in [0.717, 1.165) is 17.0 Å². The number of aromatic nitrogens is 2. The van der Waals surface area contributed by atoms with E-state index >= 15 is 0 Å². The number of hydrogen-bond acceptors (Lipinski definition) is 6. The Morgan fingerprint density at radius 3 is 2.78 bits per heavy atom. The minimum absolute atomic E-state index is 0.0279. The Kier molecular flexibility index (Phi) is 3.55. The molecule has 0 fully saturated rings. The molecule has 2 aromatic heterocycles. The van der Waals surface area contributed by atoms with Crippen LogP contribution in [-0.4, -0.2) is 9.53 Å². The van der Waals surface area contributed by atoms with Crippen LogP contribution in [0.5, 0.6) is 0 Å². The summed E-state index contributed by atoms with van der Waals surface area (Å²) in [6.07, 6.45) is 0. The largest absolute Gasteiger partial charge is 0.368 e. The number of aryl methyl sites for hydroxylation is 2. The van der Waals surface area contributed by atoms with Gasteiger partial charge in [0.2, 0.25) is 0 Å². The van der Waals surface area contributed by atoms with Gasteiger partial charge in [0, 0.05) is 5.56 Å². The molecule has 1 atom stereocenters. The summed E-state index contributed by atoms with van der Waals surface area (Å²) < 4.78 is 9.07. The Labute approximate surface area is 114 Å².